The molecule has 1 amide bonds. The maximum Gasteiger partial charge on any atom is 0.246 e. The monoisotopic (exact) mass is 615 g/mol. The Labute approximate surface area is 266 Å². The molecule has 2 atom stereocenters. The van der Waals surface area contributed by atoms with Crippen molar-refractivity contribution < 1.29 is 9.18 Å². The van der Waals surface area contributed by atoms with Crippen LogP contribution in [0.15, 0.2) is 30.4 Å². The number of rotatable bonds is 8. The number of nitriles is 1. The molecule has 2 aromatic rings. The number of carbonyl (C=O) groups is 1. The van der Waals surface area contributed by atoms with E-state index in [0.29, 0.717) is 32.2 Å². The average Bonchev–Trinajstić information content (AvgIpc) is 2.99. The first-order valence-electron chi connectivity index (χ1n) is 16.3. The van der Waals surface area contributed by atoms with Gasteiger partial charge in [-0.1, -0.05) is 12.1 Å². The third kappa shape index (κ3) is 6.63. The summed E-state index contributed by atoms with van der Waals surface area (Å²) in [5, 5.41) is 9.69. The van der Waals surface area contributed by atoms with Crippen molar-refractivity contribution in [2.75, 3.05) is 88.7 Å². The first-order valence-corrected chi connectivity index (χ1v) is 16.3. The van der Waals surface area contributed by atoms with Gasteiger partial charge in [0.1, 0.15) is 11.6 Å². The summed E-state index contributed by atoms with van der Waals surface area (Å²) in [6.07, 6.45) is 8.41. The number of aromatic nitrogens is 2. The van der Waals surface area contributed by atoms with Crippen LogP contribution >= 0.6 is 0 Å². The van der Waals surface area contributed by atoms with Crippen LogP contribution in [0.5, 0.6) is 0 Å². The van der Waals surface area contributed by atoms with Crippen molar-refractivity contribution in [3.05, 3.63) is 53.0 Å². The quantitative estimate of drug-likeness (QED) is 0.416. The van der Waals surface area contributed by atoms with Crippen LogP contribution in [0.2, 0.25) is 0 Å². The molecule has 1 aromatic heterocycles. The van der Waals surface area contributed by atoms with E-state index in [4.69, 9.17) is 9.97 Å². The predicted octanol–water partition coefficient (Wildman–Crippen LogP) is 2.72. The number of halogens is 1. The molecule has 2 unspecified atom stereocenters. The second kappa shape index (κ2) is 13.3. The van der Waals surface area contributed by atoms with Gasteiger partial charge in [0.05, 0.1) is 24.2 Å². The molecule has 2 saturated heterocycles. The molecule has 1 aliphatic carbocycles. The van der Waals surface area contributed by atoms with Gasteiger partial charge in [-0.2, -0.15) is 10.2 Å². The number of fused-ring (bicyclic) bond motifs is 2. The van der Waals surface area contributed by atoms with Crippen molar-refractivity contribution in [3.63, 3.8) is 0 Å². The van der Waals surface area contributed by atoms with Crippen molar-refractivity contribution in [1.82, 2.24) is 24.7 Å². The van der Waals surface area contributed by atoms with E-state index in [0.717, 1.165) is 74.9 Å². The number of piperazine rings is 1. The molecule has 4 aliphatic rings. The Morgan fingerprint density at radius 1 is 1.09 bits per heavy atom. The molecule has 4 heterocycles. The molecule has 0 radical (unpaired) electrons. The molecule has 1 aromatic carbocycles. The fourth-order valence-corrected chi connectivity index (χ4v) is 7.21. The number of aryl methyl sites for hydroxylation is 1. The molecule has 0 bridgehead atoms. The highest BCUT2D eigenvalue weighted by Crippen LogP contribution is 2.37. The summed E-state index contributed by atoms with van der Waals surface area (Å²) in [5.74, 6) is 1.48. The van der Waals surface area contributed by atoms with Crippen LogP contribution in [-0.2, 0) is 24.1 Å². The minimum absolute atomic E-state index is 0.0430. The molecular weight excluding hydrogens is 569 g/mol. The summed E-state index contributed by atoms with van der Waals surface area (Å²) in [6.45, 7) is 5.13. The molecule has 0 N–H and O–H groups in total. The molecule has 45 heavy (non-hydrogen) atoms. The Hall–Kier alpha value is -3.75. The highest BCUT2D eigenvalue weighted by molar-refractivity contribution is 5.88. The maximum absolute atomic E-state index is 14.4. The second-order valence-electron chi connectivity index (χ2n) is 13.4. The predicted molar refractivity (Wildman–Crippen MR) is 175 cm³/mol. The Bertz CT molecular complexity index is 1460. The van der Waals surface area contributed by atoms with Gasteiger partial charge in [0.25, 0.3) is 0 Å². The number of benzene rings is 1. The highest BCUT2D eigenvalue weighted by atomic mass is 19.1. The van der Waals surface area contributed by atoms with Gasteiger partial charge < -0.3 is 29.4 Å². The lowest BCUT2D eigenvalue weighted by Crippen LogP contribution is -2.58. The summed E-state index contributed by atoms with van der Waals surface area (Å²) in [7, 11) is 8.15. The zero-order valence-electron chi connectivity index (χ0n) is 27.1. The average molecular weight is 616 g/mol. The number of carbonyl (C=O) groups excluding carboxylic acids is 1. The lowest BCUT2D eigenvalue weighted by Gasteiger charge is -2.45. The number of hydrogen-bond donors (Lipinski definition) is 0. The normalized spacial score (nSPS) is 22.1. The third-order valence-corrected chi connectivity index (χ3v) is 9.86. The Morgan fingerprint density at radius 2 is 1.91 bits per heavy atom. The van der Waals surface area contributed by atoms with E-state index in [1.54, 1.807) is 18.2 Å². The van der Waals surface area contributed by atoms with Crippen LogP contribution in [0.4, 0.5) is 21.8 Å². The second-order valence-corrected chi connectivity index (χ2v) is 13.4. The minimum Gasteiger partial charge on any atom is -0.368 e. The van der Waals surface area contributed by atoms with Gasteiger partial charge in [-0.15, -0.1) is 0 Å². The minimum atomic E-state index is -0.215. The molecule has 3 aliphatic heterocycles. The number of nitrogens with zero attached hydrogens (tertiary/aromatic N) is 9. The zero-order chi connectivity index (χ0) is 31.7. The van der Waals surface area contributed by atoms with Crippen molar-refractivity contribution in [2.45, 2.75) is 56.7 Å². The van der Waals surface area contributed by atoms with Crippen molar-refractivity contribution in [2.24, 2.45) is 0 Å². The van der Waals surface area contributed by atoms with Gasteiger partial charge >= 0.3 is 0 Å². The maximum atomic E-state index is 14.4. The van der Waals surface area contributed by atoms with E-state index >= 15 is 0 Å². The SMILES string of the molecule is CN(C)CC=CC(=O)N1CCN(c2nc(N3CC(N(C)C)C3)nc3c2CCC(N2CCCc4ccc(F)cc42)C3)CC1CC#N. The lowest BCUT2D eigenvalue weighted by molar-refractivity contribution is -0.128. The van der Waals surface area contributed by atoms with Crippen LogP contribution in [0.3, 0.4) is 0 Å². The van der Waals surface area contributed by atoms with Crippen LogP contribution in [0, 0.1) is 17.1 Å². The number of anilines is 3. The Balaban J connectivity index is 1.28. The molecule has 0 saturated carbocycles. The molecule has 240 valence electrons. The summed E-state index contributed by atoms with van der Waals surface area (Å²) in [4.78, 5) is 36.6. The van der Waals surface area contributed by atoms with Crippen molar-refractivity contribution >= 4 is 23.4 Å². The zero-order valence-corrected chi connectivity index (χ0v) is 27.1. The molecule has 2 fully saturated rings. The number of hydrogen-bond acceptors (Lipinski definition) is 9. The number of amides is 1. The fourth-order valence-electron chi connectivity index (χ4n) is 7.21. The largest absolute Gasteiger partial charge is 0.368 e. The highest BCUT2D eigenvalue weighted by Gasteiger charge is 2.37. The Kier molecular flexibility index (Phi) is 9.24. The van der Waals surface area contributed by atoms with Crippen LogP contribution in [-0.4, -0.2) is 123 Å². The first-order chi connectivity index (χ1) is 21.7. The lowest BCUT2D eigenvalue weighted by atomic mass is 9.88. The standard InChI is InChI=1S/C34H46FN9O/c1-39(2)15-6-8-32(45)44-18-17-41(21-27(44)13-14-36)33-29-12-11-26(43-16-5-7-24-9-10-25(35)19-31(24)43)20-30(29)37-34(38-33)42-22-28(23-42)40(3)4/h6,8-10,19,26-28H,5,7,11-13,15-18,20-23H2,1-4H3. The summed E-state index contributed by atoms with van der Waals surface area (Å²) in [5.41, 5.74) is 4.50. The summed E-state index contributed by atoms with van der Waals surface area (Å²) < 4.78 is 14.4. The first kappa shape index (κ1) is 31.2. The summed E-state index contributed by atoms with van der Waals surface area (Å²) >= 11 is 0. The van der Waals surface area contributed by atoms with Crippen molar-refractivity contribution in [1.29, 1.82) is 5.26 Å². The van der Waals surface area contributed by atoms with Crippen molar-refractivity contribution in [3.8, 4) is 6.07 Å². The van der Waals surface area contributed by atoms with Crippen LogP contribution < -0.4 is 14.7 Å². The van der Waals surface area contributed by atoms with E-state index in [2.05, 4.69) is 39.8 Å². The number of likely N-dealkylation sites (N-methyl/N-ethyl adjacent to an activating group) is 2. The molecule has 11 heteroatoms. The fraction of sp³-hybridized carbons (Fsp3) is 0.588. The molecule has 10 nitrogen and oxygen atoms in total. The van der Waals surface area contributed by atoms with Gasteiger partial charge in [0, 0.05) is 81.6 Å². The van der Waals surface area contributed by atoms with E-state index in [1.807, 2.05) is 36.0 Å². The third-order valence-electron chi connectivity index (χ3n) is 9.86. The van der Waals surface area contributed by atoms with Crippen LogP contribution in [0.1, 0.15) is 36.1 Å². The Morgan fingerprint density at radius 3 is 2.67 bits per heavy atom. The van der Waals surface area contributed by atoms with Gasteiger partial charge in [-0.3, -0.25) is 4.79 Å². The molecule has 6 rings (SSSR count). The van der Waals surface area contributed by atoms with E-state index in [-0.39, 0.29) is 30.2 Å². The van der Waals surface area contributed by atoms with Crippen LogP contribution in [0.25, 0.3) is 0 Å². The smallest absolute Gasteiger partial charge is 0.246 e. The summed E-state index contributed by atoms with van der Waals surface area (Å²) in [6, 6.07) is 8.03. The van der Waals surface area contributed by atoms with E-state index in [9.17, 15) is 14.4 Å². The molecule has 0 spiro atoms. The van der Waals surface area contributed by atoms with E-state index < -0.39 is 0 Å². The molecular formula is C34H46FN9O. The van der Waals surface area contributed by atoms with Gasteiger partial charge in [-0.25, -0.2) is 9.37 Å². The van der Waals surface area contributed by atoms with E-state index in [1.165, 1.54) is 11.1 Å². The van der Waals surface area contributed by atoms with Gasteiger partial charge in [0.15, 0.2) is 0 Å². The topological polar surface area (TPSA) is 86.1 Å². The van der Waals surface area contributed by atoms with Gasteiger partial charge in [0.2, 0.25) is 11.9 Å². The van der Waals surface area contributed by atoms with Gasteiger partial charge in [-0.05, 0) is 71.6 Å².